The van der Waals surface area contributed by atoms with Gasteiger partial charge in [-0.2, -0.15) is 0 Å². The molecular formula is C17H32N2O2. The van der Waals surface area contributed by atoms with Gasteiger partial charge in [0, 0.05) is 31.7 Å². The van der Waals surface area contributed by atoms with Crippen molar-refractivity contribution in [2.24, 2.45) is 11.8 Å². The number of rotatable bonds is 4. The summed E-state index contributed by atoms with van der Waals surface area (Å²) in [5.41, 5.74) is 0. The minimum Gasteiger partial charge on any atom is -0.348 e. The number of hydrogen-bond donors (Lipinski definition) is 1. The van der Waals surface area contributed by atoms with Crippen LogP contribution < -0.4 is 5.32 Å². The molecule has 2 saturated heterocycles. The van der Waals surface area contributed by atoms with Gasteiger partial charge in [-0.25, -0.2) is 0 Å². The molecule has 0 aromatic rings. The molecule has 4 nitrogen and oxygen atoms in total. The van der Waals surface area contributed by atoms with Crippen molar-refractivity contribution in [2.75, 3.05) is 26.2 Å². The molecule has 0 aromatic heterocycles. The molecular weight excluding hydrogens is 264 g/mol. The molecule has 21 heavy (non-hydrogen) atoms. The lowest BCUT2D eigenvalue weighted by molar-refractivity contribution is -0.138. The van der Waals surface area contributed by atoms with E-state index in [-0.39, 0.29) is 6.10 Å². The molecule has 3 rings (SSSR count). The highest BCUT2D eigenvalue weighted by atomic mass is 16.7. The lowest BCUT2D eigenvalue weighted by Gasteiger charge is -2.49. The summed E-state index contributed by atoms with van der Waals surface area (Å²) >= 11 is 0. The van der Waals surface area contributed by atoms with E-state index in [1.165, 1.54) is 32.4 Å². The maximum absolute atomic E-state index is 5.93. The molecule has 3 unspecified atom stereocenters. The van der Waals surface area contributed by atoms with Crippen LogP contribution in [0.3, 0.4) is 0 Å². The molecule has 2 bridgehead atoms. The minimum absolute atomic E-state index is 0.212. The highest BCUT2D eigenvalue weighted by Crippen LogP contribution is 2.35. The number of hydrogen-bond acceptors (Lipinski definition) is 4. The van der Waals surface area contributed by atoms with Gasteiger partial charge in [0.05, 0.1) is 12.7 Å². The molecule has 2 heterocycles. The zero-order valence-corrected chi connectivity index (χ0v) is 14.1. The van der Waals surface area contributed by atoms with Gasteiger partial charge in [-0.15, -0.1) is 0 Å². The second-order valence-electron chi connectivity index (χ2n) is 7.88. The predicted octanol–water partition coefficient (Wildman–Crippen LogP) is 2.24. The van der Waals surface area contributed by atoms with Gasteiger partial charge in [0.25, 0.3) is 0 Å². The van der Waals surface area contributed by atoms with E-state index in [9.17, 15) is 0 Å². The van der Waals surface area contributed by atoms with Gasteiger partial charge in [-0.1, -0.05) is 6.42 Å². The molecule has 4 heteroatoms. The van der Waals surface area contributed by atoms with Crippen LogP contribution in [0.4, 0.5) is 0 Å². The van der Waals surface area contributed by atoms with Crippen molar-refractivity contribution in [2.45, 2.75) is 70.9 Å². The molecule has 0 amide bonds. The molecule has 1 aliphatic carbocycles. The summed E-state index contributed by atoms with van der Waals surface area (Å²) in [6.07, 6.45) is 4.38. The number of nitrogens with one attached hydrogen (secondary N) is 1. The van der Waals surface area contributed by atoms with Crippen molar-refractivity contribution >= 4 is 0 Å². The van der Waals surface area contributed by atoms with Crippen LogP contribution in [0.1, 0.15) is 47.0 Å². The Morgan fingerprint density at radius 3 is 2.38 bits per heavy atom. The number of fused-ring (bicyclic) bond motifs is 2. The van der Waals surface area contributed by atoms with Gasteiger partial charge >= 0.3 is 0 Å². The fourth-order valence-corrected chi connectivity index (χ4v) is 4.36. The van der Waals surface area contributed by atoms with Crippen molar-refractivity contribution in [3.8, 4) is 0 Å². The normalized spacial score (nSPS) is 39.9. The molecule has 3 aliphatic rings. The van der Waals surface area contributed by atoms with Crippen molar-refractivity contribution in [3.05, 3.63) is 0 Å². The number of piperidine rings is 1. The lowest BCUT2D eigenvalue weighted by Crippen LogP contribution is -2.59. The monoisotopic (exact) mass is 296 g/mol. The summed E-state index contributed by atoms with van der Waals surface area (Å²) in [5.74, 6) is 1.23. The van der Waals surface area contributed by atoms with Gasteiger partial charge < -0.3 is 19.7 Å². The molecule has 122 valence electrons. The third-order valence-corrected chi connectivity index (χ3v) is 5.48. The first-order valence-electron chi connectivity index (χ1n) is 8.74. The standard InChI is InChI=1S/C17H32N2O2/c1-12(2)19-9-13-6-5-7-14(10-19)16(13)18-8-15-11-20-17(3,4)21-15/h12-16,18H,5-11H2,1-4H3. The predicted molar refractivity (Wildman–Crippen MR) is 84.2 cm³/mol. The van der Waals surface area contributed by atoms with Crippen LogP contribution in [-0.4, -0.2) is 55.1 Å². The molecule has 0 spiro atoms. The Hall–Kier alpha value is -0.160. The third-order valence-electron chi connectivity index (χ3n) is 5.48. The molecule has 1 saturated carbocycles. The van der Waals surface area contributed by atoms with Crippen LogP contribution in [0, 0.1) is 11.8 Å². The van der Waals surface area contributed by atoms with Crippen LogP contribution in [0.25, 0.3) is 0 Å². The van der Waals surface area contributed by atoms with Gasteiger partial charge in [0.2, 0.25) is 0 Å². The summed E-state index contributed by atoms with van der Waals surface area (Å²) in [7, 11) is 0. The Bertz CT molecular complexity index is 345. The first-order chi connectivity index (χ1) is 9.94. The van der Waals surface area contributed by atoms with Crippen molar-refractivity contribution in [1.29, 1.82) is 0 Å². The Balaban J connectivity index is 1.54. The largest absolute Gasteiger partial charge is 0.348 e. The highest BCUT2D eigenvalue weighted by Gasteiger charge is 2.40. The van der Waals surface area contributed by atoms with E-state index in [0.717, 1.165) is 25.0 Å². The smallest absolute Gasteiger partial charge is 0.163 e. The van der Waals surface area contributed by atoms with E-state index >= 15 is 0 Å². The van der Waals surface area contributed by atoms with E-state index < -0.39 is 5.79 Å². The van der Waals surface area contributed by atoms with E-state index in [2.05, 4.69) is 24.1 Å². The van der Waals surface area contributed by atoms with Crippen molar-refractivity contribution in [1.82, 2.24) is 10.2 Å². The Morgan fingerprint density at radius 2 is 1.86 bits per heavy atom. The van der Waals surface area contributed by atoms with Crippen LogP contribution in [0.2, 0.25) is 0 Å². The van der Waals surface area contributed by atoms with E-state index in [4.69, 9.17) is 9.47 Å². The fourth-order valence-electron chi connectivity index (χ4n) is 4.36. The van der Waals surface area contributed by atoms with Crippen LogP contribution in [-0.2, 0) is 9.47 Å². The zero-order valence-electron chi connectivity index (χ0n) is 14.1. The lowest BCUT2D eigenvalue weighted by atomic mass is 9.73. The van der Waals surface area contributed by atoms with E-state index in [1.54, 1.807) is 0 Å². The zero-order chi connectivity index (χ0) is 15.0. The first kappa shape index (κ1) is 15.7. The van der Waals surface area contributed by atoms with Gasteiger partial charge in [-0.05, 0) is 52.4 Å². The Kier molecular flexibility index (Phi) is 4.60. The molecule has 0 aromatic carbocycles. The summed E-state index contributed by atoms with van der Waals surface area (Å²) in [4.78, 5) is 2.67. The molecule has 3 atom stereocenters. The second-order valence-corrected chi connectivity index (χ2v) is 7.88. The quantitative estimate of drug-likeness (QED) is 0.862. The topological polar surface area (TPSA) is 33.7 Å². The summed E-state index contributed by atoms with van der Waals surface area (Å²) < 4.78 is 11.6. The summed E-state index contributed by atoms with van der Waals surface area (Å²) in [6, 6.07) is 1.36. The van der Waals surface area contributed by atoms with E-state index in [1.807, 2.05) is 13.8 Å². The fraction of sp³-hybridized carbons (Fsp3) is 1.00. The van der Waals surface area contributed by atoms with Gasteiger partial charge in [-0.3, -0.25) is 0 Å². The maximum atomic E-state index is 5.93. The average molecular weight is 296 g/mol. The summed E-state index contributed by atoms with van der Waals surface area (Å²) in [6.45, 7) is 12.8. The van der Waals surface area contributed by atoms with Crippen molar-refractivity contribution < 1.29 is 9.47 Å². The number of likely N-dealkylation sites (tertiary alicyclic amines) is 1. The van der Waals surface area contributed by atoms with Gasteiger partial charge in [0.1, 0.15) is 0 Å². The number of nitrogens with zero attached hydrogens (tertiary/aromatic N) is 1. The minimum atomic E-state index is -0.400. The second kappa shape index (κ2) is 6.15. The van der Waals surface area contributed by atoms with Crippen LogP contribution >= 0.6 is 0 Å². The SMILES string of the molecule is CC(C)N1CC2CCCC(C1)C2NCC1COC(C)(C)O1. The summed E-state index contributed by atoms with van der Waals surface area (Å²) in [5, 5.41) is 3.83. The van der Waals surface area contributed by atoms with Crippen LogP contribution in [0.15, 0.2) is 0 Å². The molecule has 2 aliphatic heterocycles. The molecule has 3 fully saturated rings. The molecule has 0 radical (unpaired) electrons. The van der Waals surface area contributed by atoms with Gasteiger partial charge in [0.15, 0.2) is 5.79 Å². The molecule has 1 N–H and O–H groups in total. The van der Waals surface area contributed by atoms with Crippen LogP contribution in [0.5, 0.6) is 0 Å². The third kappa shape index (κ3) is 3.61. The Labute approximate surface area is 129 Å². The van der Waals surface area contributed by atoms with Crippen molar-refractivity contribution in [3.63, 3.8) is 0 Å². The van der Waals surface area contributed by atoms with E-state index in [0.29, 0.717) is 12.1 Å². The first-order valence-corrected chi connectivity index (χ1v) is 8.74. The average Bonchev–Trinajstić information content (AvgIpc) is 2.74. The maximum Gasteiger partial charge on any atom is 0.163 e. The number of ether oxygens (including phenoxy) is 2. The highest BCUT2D eigenvalue weighted by molar-refractivity contribution is 4.96. The Morgan fingerprint density at radius 1 is 1.19 bits per heavy atom.